The molecule has 0 radical (unpaired) electrons. The highest BCUT2D eigenvalue weighted by molar-refractivity contribution is 5.70. The van der Waals surface area contributed by atoms with Crippen LogP contribution in [0.15, 0.2) is 72.2 Å². The van der Waals surface area contributed by atoms with Crippen LogP contribution >= 0.6 is 0 Å². The minimum absolute atomic E-state index is 0.0688. The van der Waals surface area contributed by atoms with Crippen molar-refractivity contribution in [1.82, 2.24) is 10.3 Å². The molecule has 176 valence electrons. The SMILES string of the molecule is OCc1cc(Nc2ccc3c(c2)OC2(CCCC2)CN3CCC2=CNC3=CC=CCC23)ccn1. The van der Waals surface area contributed by atoms with Crippen molar-refractivity contribution >= 4 is 17.1 Å². The van der Waals surface area contributed by atoms with Gasteiger partial charge in [-0.05, 0) is 74.4 Å². The van der Waals surface area contributed by atoms with Gasteiger partial charge in [0.15, 0.2) is 0 Å². The Morgan fingerprint density at radius 3 is 2.94 bits per heavy atom. The van der Waals surface area contributed by atoms with Gasteiger partial charge in [0.25, 0.3) is 0 Å². The predicted molar refractivity (Wildman–Crippen MR) is 135 cm³/mol. The molecule has 0 saturated heterocycles. The highest BCUT2D eigenvalue weighted by Gasteiger charge is 2.42. The van der Waals surface area contributed by atoms with E-state index in [1.807, 2.05) is 12.1 Å². The van der Waals surface area contributed by atoms with Crippen LogP contribution in [0.4, 0.5) is 17.1 Å². The van der Waals surface area contributed by atoms with Crippen molar-refractivity contribution in [2.75, 3.05) is 23.3 Å². The van der Waals surface area contributed by atoms with Gasteiger partial charge in [0.1, 0.15) is 11.4 Å². The maximum Gasteiger partial charge on any atom is 0.145 e. The van der Waals surface area contributed by atoms with Gasteiger partial charge in [0, 0.05) is 48.0 Å². The fourth-order valence-electron chi connectivity index (χ4n) is 5.84. The molecule has 2 aromatic rings. The molecule has 3 N–H and O–H groups in total. The van der Waals surface area contributed by atoms with Gasteiger partial charge >= 0.3 is 0 Å². The number of allylic oxidation sites excluding steroid dienone is 4. The number of anilines is 3. The maximum absolute atomic E-state index is 9.40. The third-order valence-corrected chi connectivity index (χ3v) is 7.59. The summed E-state index contributed by atoms with van der Waals surface area (Å²) in [5.74, 6) is 1.48. The standard InChI is InChI=1S/C28H32N4O2/c33-18-23-15-22(9-13-29-23)31-21-7-8-26-27(16-21)34-28(11-3-4-12-28)19-32(26)14-10-20-17-30-25-6-2-1-5-24(20)25/h1-2,6-9,13,15-17,24,30,33H,3-5,10-12,14,18-19H2,(H,29,31). The molecule has 6 nitrogen and oxygen atoms in total. The lowest BCUT2D eigenvalue weighted by Crippen LogP contribution is -2.49. The van der Waals surface area contributed by atoms with Gasteiger partial charge < -0.3 is 25.4 Å². The Balaban J connectivity index is 1.23. The van der Waals surface area contributed by atoms with Crippen LogP contribution in [0.1, 0.15) is 44.2 Å². The first-order valence-corrected chi connectivity index (χ1v) is 12.4. The van der Waals surface area contributed by atoms with Crippen LogP contribution in [0.2, 0.25) is 0 Å². The number of hydrogen-bond acceptors (Lipinski definition) is 6. The Morgan fingerprint density at radius 1 is 1.18 bits per heavy atom. The third kappa shape index (κ3) is 4.07. The van der Waals surface area contributed by atoms with E-state index in [0.29, 0.717) is 11.6 Å². The van der Waals surface area contributed by atoms with Gasteiger partial charge in [-0.15, -0.1) is 0 Å². The number of nitrogens with zero attached hydrogens (tertiary/aromatic N) is 2. The van der Waals surface area contributed by atoms with Crippen molar-refractivity contribution in [2.24, 2.45) is 5.92 Å². The summed E-state index contributed by atoms with van der Waals surface area (Å²) in [6, 6.07) is 10.2. The summed E-state index contributed by atoms with van der Waals surface area (Å²) in [4.78, 5) is 6.72. The molecule has 1 atom stereocenters. The molecule has 2 aliphatic heterocycles. The second-order valence-corrected chi connectivity index (χ2v) is 9.87. The van der Waals surface area contributed by atoms with E-state index in [2.05, 4.69) is 63.1 Å². The molecule has 6 heteroatoms. The Kier molecular flexibility index (Phi) is 5.53. The van der Waals surface area contributed by atoms with E-state index in [1.165, 1.54) is 29.8 Å². The molecule has 0 bridgehead atoms. The highest BCUT2D eigenvalue weighted by atomic mass is 16.5. The van der Waals surface area contributed by atoms with E-state index in [1.54, 1.807) is 6.20 Å². The summed E-state index contributed by atoms with van der Waals surface area (Å²) in [6.45, 7) is 1.89. The summed E-state index contributed by atoms with van der Waals surface area (Å²) >= 11 is 0. The molecule has 1 aromatic heterocycles. The molecule has 2 aliphatic carbocycles. The second kappa shape index (κ2) is 8.84. The monoisotopic (exact) mass is 456 g/mol. The minimum atomic E-state index is -0.0761. The lowest BCUT2D eigenvalue weighted by molar-refractivity contribution is 0.0730. The number of fused-ring (bicyclic) bond motifs is 2. The zero-order valence-corrected chi connectivity index (χ0v) is 19.5. The van der Waals surface area contributed by atoms with Gasteiger partial charge in [-0.3, -0.25) is 4.98 Å². The zero-order valence-electron chi connectivity index (χ0n) is 19.5. The van der Waals surface area contributed by atoms with Gasteiger partial charge in [0.05, 0.1) is 24.5 Å². The first kappa shape index (κ1) is 21.3. The van der Waals surface area contributed by atoms with Crippen molar-refractivity contribution in [3.05, 3.63) is 77.9 Å². The fraction of sp³-hybridized carbons (Fsp3) is 0.393. The Labute approximate surface area is 201 Å². The molecule has 1 unspecified atom stereocenters. The topological polar surface area (TPSA) is 69.7 Å². The van der Waals surface area contributed by atoms with E-state index in [-0.39, 0.29) is 12.2 Å². The number of aromatic nitrogens is 1. The number of pyridine rings is 1. The first-order valence-electron chi connectivity index (χ1n) is 12.4. The van der Waals surface area contributed by atoms with Crippen LogP contribution < -0.4 is 20.3 Å². The average Bonchev–Trinajstić information content (AvgIpc) is 3.49. The number of aliphatic hydroxyl groups excluding tert-OH is 1. The smallest absolute Gasteiger partial charge is 0.145 e. The molecular formula is C28H32N4O2. The molecule has 1 spiro atoms. The molecule has 6 rings (SSSR count). The summed E-state index contributed by atoms with van der Waals surface area (Å²) in [6.07, 6.45) is 17.4. The lowest BCUT2D eigenvalue weighted by atomic mass is 9.90. The van der Waals surface area contributed by atoms with Crippen LogP contribution in [0, 0.1) is 5.92 Å². The van der Waals surface area contributed by atoms with Gasteiger partial charge in [-0.25, -0.2) is 0 Å². The predicted octanol–water partition coefficient (Wildman–Crippen LogP) is 5.17. The molecule has 1 saturated carbocycles. The minimum Gasteiger partial charge on any atom is -0.483 e. The number of aliphatic hydroxyl groups is 1. The van der Waals surface area contributed by atoms with Crippen LogP contribution in [0.3, 0.4) is 0 Å². The Bertz CT molecular complexity index is 1160. The second-order valence-electron chi connectivity index (χ2n) is 9.87. The summed E-state index contributed by atoms with van der Waals surface area (Å²) < 4.78 is 6.71. The largest absolute Gasteiger partial charge is 0.483 e. The van der Waals surface area contributed by atoms with Gasteiger partial charge in [0.2, 0.25) is 0 Å². The van der Waals surface area contributed by atoms with Crippen molar-refractivity contribution in [2.45, 2.75) is 50.7 Å². The summed E-state index contributed by atoms with van der Waals surface area (Å²) in [7, 11) is 0. The maximum atomic E-state index is 9.40. The summed E-state index contributed by atoms with van der Waals surface area (Å²) in [5.41, 5.74) is 6.48. The molecule has 1 aromatic carbocycles. The van der Waals surface area contributed by atoms with E-state index in [9.17, 15) is 5.11 Å². The molecule has 1 fully saturated rings. The molecule has 3 heterocycles. The van der Waals surface area contributed by atoms with Gasteiger partial charge in [-0.2, -0.15) is 0 Å². The zero-order chi connectivity index (χ0) is 23.0. The van der Waals surface area contributed by atoms with Crippen LogP contribution in [-0.2, 0) is 6.61 Å². The lowest BCUT2D eigenvalue weighted by Gasteiger charge is -2.43. The normalized spacial score (nSPS) is 21.9. The van der Waals surface area contributed by atoms with Crippen LogP contribution in [0.25, 0.3) is 0 Å². The van der Waals surface area contributed by atoms with E-state index in [0.717, 1.165) is 55.9 Å². The van der Waals surface area contributed by atoms with E-state index < -0.39 is 0 Å². The van der Waals surface area contributed by atoms with E-state index >= 15 is 0 Å². The number of hydrogen-bond donors (Lipinski definition) is 3. The molecule has 0 amide bonds. The number of benzene rings is 1. The van der Waals surface area contributed by atoms with Crippen LogP contribution in [-0.4, -0.2) is 28.8 Å². The molecule has 4 aliphatic rings. The van der Waals surface area contributed by atoms with Crippen molar-refractivity contribution < 1.29 is 9.84 Å². The quantitative estimate of drug-likeness (QED) is 0.557. The molecular weight excluding hydrogens is 424 g/mol. The summed E-state index contributed by atoms with van der Waals surface area (Å²) in [5, 5.41) is 16.3. The van der Waals surface area contributed by atoms with Crippen LogP contribution in [0.5, 0.6) is 5.75 Å². The molecule has 34 heavy (non-hydrogen) atoms. The highest BCUT2D eigenvalue weighted by Crippen LogP contribution is 2.45. The van der Waals surface area contributed by atoms with Crippen molar-refractivity contribution in [1.29, 1.82) is 0 Å². The first-order chi connectivity index (χ1) is 16.7. The average molecular weight is 457 g/mol. The third-order valence-electron chi connectivity index (χ3n) is 7.59. The fourth-order valence-corrected chi connectivity index (χ4v) is 5.84. The Hall–Kier alpha value is -3.25. The van der Waals surface area contributed by atoms with E-state index in [4.69, 9.17) is 4.74 Å². The Morgan fingerprint density at radius 2 is 2.06 bits per heavy atom. The number of rotatable bonds is 6. The van der Waals surface area contributed by atoms with Crippen molar-refractivity contribution in [3.8, 4) is 5.75 Å². The number of ether oxygens (including phenoxy) is 1. The van der Waals surface area contributed by atoms with Gasteiger partial charge in [-0.1, -0.05) is 12.2 Å². The number of nitrogens with one attached hydrogen (secondary N) is 2. The van der Waals surface area contributed by atoms with Crippen molar-refractivity contribution in [3.63, 3.8) is 0 Å².